The number of ether oxygens (including phenoxy) is 1. The smallest absolute Gasteiger partial charge is 0.0618 e. The van der Waals surface area contributed by atoms with E-state index in [1.807, 2.05) is 0 Å². The first-order valence-corrected chi connectivity index (χ1v) is 4.96. The summed E-state index contributed by atoms with van der Waals surface area (Å²) in [6.07, 6.45) is 2.78. The topological polar surface area (TPSA) is 21.3 Å². The monoisotopic (exact) mass is 171 g/mol. The van der Waals surface area contributed by atoms with Crippen LogP contribution in [-0.2, 0) is 4.74 Å². The normalized spacial score (nSPS) is 20.0. The van der Waals surface area contributed by atoms with Crippen molar-refractivity contribution in [2.45, 2.75) is 32.7 Å². The minimum Gasteiger partial charge on any atom is -0.383 e. The van der Waals surface area contributed by atoms with E-state index in [0.29, 0.717) is 6.04 Å². The van der Waals surface area contributed by atoms with Gasteiger partial charge in [-0.25, -0.2) is 0 Å². The maximum Gasteiger partial charge on any atom is 0.0618 e. The summed E-state index contributed by atoms with van der Waals surface area (Å²) in [6, 6.07) is 0.609. The molecule has 0 saturated heterocycles. The Hall–Kier alpha value is -0.0800. The van der Waals surface area contributed by atoms with E-state index in [9.17, 15) is 0 Å². The molecular weight excluding hydrogens is 150 g/mol. The Bertz CT molecular complexity index is 121. The SMILES string of the molecule is COCC(NCC(C)C)C1CC1. The molecule has 2 nitrogen and oxygen atoms in total. The van der Waals surface area contributed by atoms with Crippen LogP contribution in [0.2, 0.25) is 0 Å². The lowest BCUT2D eigenvalue weighted by molar-refractivity contribution is 0.156. The summed E-state index contributed by atoms with van der Waals surface area (Å²) < 4.78 is 5.18. The molecule has 0 heterocycles. The summed E-state index contributed by atoms with van der Waals surface area (Å²) in [5.74, 6) is 1.63. The summed E-state index contributed by atoms with van der Waals surface area (Å²) in [4.78, 5) is 0. The van der Waals surface area contributed by atoms with Gasteiger partial charge in [0, 0.05) is 13.2 Å². The Balaban J connectivity index is 2.13. The van der Waals surface area contributed by atoms with Crippen LogP contribution >= 0.6 is 0 Å². The fraction of sp³-hybridized carbons (Fsp3) is 1.00. The number of hydrogen-bond acceptors (Lipinski definition) is 2. The van der Waals surface area contributed by atoms with Crippen molar-refractivity contribution in [3.05, 3.63) is 0 Å². The predicted octanol–water partition coefficient (Wildman–Crippen LogP) is 1.66. The summed E-state index contributed by atoms with van der Waals surface area (Å²) in [5.41, 5.74) is 0. The highest BCUT2D eigenvalue weighted by Gasteiger charge is 2.30. The predicted molar refractivity (Wildman–Crippen MR) is 51.2 cm³/mol. The Kier molecular flexibility index (Phi) is 4.02. The molecule has 1 saturated carbocycles. The molecule has 0 aromatic carbocycles. The van der Waals surface area contributed by atoms with Crippen LogP contribution in [0.3, 0.4) is 0 Å². The van der Waals surface area contributed by atoms with E-state index < -0.39 is 0 Å². The molecule has 0 aromatic rings. The van der Waals surface area contributed by atoms with Crippen molar-refractivity contribution in [1.29, 1.82) is 0 Å². The van der Waals surface area contributed by atoms with Gasteiger partial charge in [0.25, 0.3) is 0 Å². The van der Waals surface area contributed by atoms with E-state index in [1.165, 1.54) is 12.8 Å². The minimum atomic E-state index is 0.609. The van der Waals surface area contributed by atoms with Gasteiger partial charge in [0.1, 0.15) is 0 Å². The van der Waals surface area contributed by atoms with Gasteiger partial charge in [0.05, 0.1) is 6.61 Å². The standard InChI is InChI=1S/C10H21NO/c1-8(2)6-11-10(7-12-3)9-4-5-9/h8-11H,4-7H2,1-3H3. The fourth-order valence-electron chi connectivity index (χ4n) is 1.43. The van der Waals surface area contributed by atoms with E-state index in [4.69, 9.17) is 4.74 Å². The molecule has 1 aliphatic rings. The van der Waals surface area contributed by atoms with Crippen molar-refractivity contribution >= 4 is 0 Å². The van der Waals surface area contributed by atoms with Crippen molar-refractivity contribution in [3.8, 4) is 0 Å². The number of nitrogens with one attached hydrogen (secondary N) is 1. The largest absolute Gasteiger partial charge is 0.383 e. The first-order chi connectivity index (χ1) is 5.74. The summed E-state index contributed by atoms with van der Waals surface area (Å²) in [6.45, 7) is 6.47. The Morgan fingerprint density at radius 3 is 2.50 bits per heavy atom. The van der Waals surface area contributed by atoms with Gasteiger partial charge in [-0.3, -0.25) is 0 Å². The second-order valence-electron chi connectivity index (χ2n) is 4.20. The number of hydrogen-bond donors (Lipinski definition) is 1. The maximum absolute atomic E-state index is 5.18. The van der Waals surface area contributed by atoms with E-state index in [0.717, 1.165) is 25.0 Å². The molecule has 1 rings (SSSR count). The quantitative estimate of drug-likeness (QED) is 0.656. The van der Waals surface area contributed by atoms with Crippen molar-refractivity contribution < 1.29 is 4.74 Å². The first kappa shape index (κ1) is 10.0. The average molecular weight is 171 g/mol. The molecule has 1 atom stereocenters. The van der Waals surface area contributed by atoms with Crippen molar-refractivity contribution in [2.75, 3.05) is 20.3 Å². The van der Waals surface area contributed by atoms with E-state index in [1.54, 1.807) is 7.11 Å². The van der Waals surface area contributed by atoms with Gasteiger partial charge in [-0.05, 0) is 31.2 Å². The minimum absolute atomic E-state index is 0.609. The van der Waals surface area contributed by atoms with Gasteiger partial charge in [-0.1, -0.05) is 13.8 Å². The van der Waals surface area contributed by atoms with E-state index in [2.05, 4.69) is 19.2 Å². The molecule has 0 aliphatic heterocycles. The molecule has 0 aromatic heterocycles. The highest BCUT2D eigenvalue weighted by Crippen LogP contribution is 2.32. The third-order valence-electron chi connectivity index (χ3n) is 2.33. The van der Waals surface area contributed by atoms with Gasteiger partial charge in [0.15, 0.2) is 0 Å². The molecule has 1 N–H and O–H groups in total. The molecule has 0 amide bonds. The third-order valence-corrected chi connectivity index (χ3v) is 2.33. The molecule has 1 fully saturated rings. The maximum atomic E-state index is 5.18. The Labute approximate surface area is 75.7 Å². The van der Waals surface area contributed by atoms with Gasteiger partial charge < -0.3 is 10.1 Å². The molecule has 2 heteroatoms. The molecule has 0 spiro atoms. The highest BCUT2D eigenvalue weighted by molar-refractivity contribution is 4.86. The number of methoxy groups -OCH3 is 1. The number of rotatable bonds is 6. The van der Waals surface area contributed by atoms with Crippen LogP contribution in [0.25, 0.3) is 0 Å². The van der Waals surface area contributed by atoms with Crippen LogP contribution in [0, 0.1) is 11.8 Å². The highest BCUT2D eigenvalue weighted by atomic mass is 16.5. The molecule has 0 bridgehead atoms. The van der Waals surface area contributed by atoms with E-state index in [-0.39, 0.29) is 0 Å². The fourth-order valence-corrected chi connectivity index (χ4v) is 1.43. The second-order valence-corrected chi connectivity index (χ2v) is 4.20. The third kappa shape index (κ3) is 3.55. The van der Waals surface area contributed by atoms with Crippen molar-refractivity contribution in [2.24, 2.45) is 11.8 Å². The average Bonchev–Trinajstić information content (AvgIpc) is 2.79. The lowest BCUT2D eigenvalue weighted by Crippen LogP contribution is -2.37. The van der Waals surface area contributed by atoms with Crippen LogP contribution in [0.4, 0.5) is 0 Å². The molecule has 0 radical (unpaired) electrons. The van der Waals surface area contributed by atoms with Crippen LogP contribution in [0.5, 0.6) is 0 Å². The molecule has 1 unspecified atom stereocenters. The van der Waals surface area contributed by atoms with Crippen molar-refractivity contribution in [1.82, 2.24) is 5.32 Å². The van der Waals surface area contributed by atoms with Gasteiger partial charge in [-0.15, -0.1) is 0 Å². The van der Waals surface area contributed by atoms with Crippen LogP contribution in [-0.4, -0.2) is 26.3 Å². The first-order valence-electron chi connectivity index (χ1n) is 4.96. The zero-order chi connectivity index (χ0) is 8.97. The molecule has 12 heavy (non-hydrogen) atoms. The zero-order valence-corrected chi connectivity index (χ0v) is 8.47. The molecular formula is C10H21NO. The summed E-state index contributed by atoms with van der Waals surface area (Å²) in [5, 5.41) is 3.56. The lowest BCUT2D eigenvalue weighted by Gasteiger charge is -2.18. The lowest BCUT2D eigenvalue weighted by atomic mass is 10.1. The Morgan fingerprint density at radius 2 is 2.08 bits per heavy atom. The summed E-state index contributed by atoms with van der Waals surface area (Å²) in [7, 11) is 1.78. The van der Waals surface area contributed by atoms with Gasteiger partial charge >= 0.3 is 0 Å². The van der Waals surface area contributed by atoms with Crippen LogP contribution in [0.15, 0.2) is 0 Å². The van der Waals surface area contributed by atoms with Gasteiger partial charge in [-0.2, -0.15) is 0 Å². The molecule has 72 valence electrons. The van der Waals surface area contributed by atoms with Crippen LogP contribution in [0.1, 0.15) is 26.7 Å². The molecule has 1 aliphatic carbocycles. The Morgan fingerprint density at radius 1 is 1.42 bits per heavy atom. The van der Waals surface area contributed by atoms with Crippen LogP contribution < -0.4 is 5.32 Å². The zero-order valence-electron chi connectivity index (χ0n) is 8.47. The van der Waals surface area contributed by atoms with Gasteiger partial charge in [0.2, 0.25) is 0 Å². The second kappa shape index (κ2) is 4.83. The summed E-state index contributed by atoms with van der Waals surface area (Å²) >= 11 is 0. The van der Waals surface area contributed by atoms with Crippen molar-refractivity contribution in [3.63, 3.8) is 0 Å². The van der Waals surface area contributed by atoms with E-state index >= 15 is 0 Å².